The first-order valence-electron chi connectivity index (χ1n) is 11.6. The van der Waals surface area contributed by atoms with Gasteiger partial charge >= 0.3 is 0 Å². The molecule has 1 saturated heterocycles. The van der Waals surface area contributed by atoms with Gasteiger partial charge in [0.05, 0.1) is 19.3 Å². The molecule has 1 aromatic carbocycles. The zero-order valence-electron chi connectivity index (χ0n) is 18.5. The SMILES string of the molecule is CCCCCCCCCCCC[C@H]1OC(C)(C)O[C@@H]1COCc1ccccc1. The molecule has 1 heterocycles. The van der Waals surface area contributed by atoms with E-state index in [4.69, 9.17) is 14.2 Å². The Kier molecular flexibility index (Phi) is 11.1. The van der Waals surface area contributed by atoms with Gasteiger partial charge in [-0.25, -0.2) is 0 Å². The second-order valence-corrected chi connectivity index (χ2v) is 8.68. The Hall–Kier alpha value is -0.900. The highest BCUT2D eigenvalue weighted by Gasteiger charge is 2.40. The molecule has 0 saturated carbocycles. The molecule has 0 aromatic heterocycles. The third kappa shape index (κ3) is 9.54. The Morgan fingerprint density at radius 3 is 2.00 bits per heavy atom. The molecule has 0 spiro atoms. The highest BCUT2D eigenvalue weighted by Crippen LogP contribution is 2.31. The van der Waals surface area contributed by atoms with E-state index in [1.165, 1.54) is 69.8 Å². The molecule has 28 heavy (non-hydrogen) atoms. The topological polar surface area (TPSA) is 27.7 Å². The van der Waals surface area contributed by atoms with Gasteiger partial charge in [-0.15, -0.1) is 0 Å². The molecule has 1 fully saturated rings. The molecule has 0 aliphatic carbocycles. The van der Waals surface area contributed by atoms with Crippen LogP contribution in [-0.2, 0) is 20.8 Å². The zero-order chi connectivity index (χ0) is 20.1. The summed E-state index contributed by atoms with van der Waals surface area (Å²) in [5, 5.41) is 0. The molecule has 3 nitrogen and oxygen atoms in total. The Morgan fingerprint density at radius 2 is 1.36 bits per heavy atom. The normalized spacial score (nSPS) is 21.2. The van der Waals surface area contributed by atoms with Crippen LogP contribution >= 0.6 is 0 Å². The van der Waals surface area contributed by atoms with Crippen LogP contribution in [0.15, 0.2) is 30.3 Å². The first-order valence-corrected chi connectivity index (χ1v) is 11.6. The molecule has 0 bridgehead atoms. The van der Waals surface area contributed by atoms with Gasteiger partial charge < -0.3 is 14.2 Å². The number of hydrogen-bond donors (Lipinski definition) is 0. The minimum Gasteiger partial charge on any atom is -0.374 e. The summed E-state index contributed by atoms with van der Waals surface area (Å²) >= 11 is 0. The Labute approximate surface area is 173 Å². The Morgan fingerprint density at radius 1 is 0.786 bits per heavy atom. The summed E-state index contributed by atoms with van der Waals surface area (Å²) in [5.41, 5.74) is 1.20. The van der Waals surface area contributed by atoms with E-state index < -0.39 is 5.79 Å². The van der Waals surface area contributed by atoms with Crippen molar-refractivity contribution in [2.75, 3.05) is 6.61 Å². The molecule has 0 radical (unpaired) electrons. The molecule has 2 atom stereocenters. The number of ether oxygens (including phenoxy) is 3. The van der Waals surface area contributed by atoms with E-state index in [2.05, 4.69) is 19.1 Å². The Bertz CT molecular complexity index is 500. The fourth-order valence-electron chi connectivity index (χ4n) is 3.99. The van der Waals surface area contributed by atoms with Crippen molar-refractivity contribution < 1.29 is 14.2 Å². The van der Waals surface area contributed by atoms with E-state index in [0.29, 0.717) is 13.2 Å². The fraction of sp³-hybridized carbons (Fsp3) is 0.760. The number of benzene rings is 1. The molecule has 160 valence electrons. The highest BCUT2D eigenvalue weighted by molar-refractivity contribution is 5.13. The average molecular weight is 391 g/mol. The molecule has 1 aliphatic rings. The molecule has 0 unspecified atom stereocenters. The van der Waals surface area contributed by atoms with Gasteiger partial charge in [0.15, 0.2) is 5.79 Å². The first kappa shape index (κ1) is 23.4. The number of unbranched alkanes of at least 4 members (excludes halogenated alkanes) is 9. The van der Waals surface area contributed by atoms with E-state index in [9.17, 15) is 0 Å². The van der Waals surface area contributed by atoms with Crippen molar-refractivity contribution >= 4 is 0 Å². The maximum Gasteiger partial charge on any atom is 0.163 e. The van der Waals surface area contributed by atoms with Crippen molar-refractivity contribution in [2.45, 2.75) is 116 Å². The van der Waals surface area contributed by atoms with E-state index in [0.717, 1.165) is 6.42 Å². The number of rotatable bonds is 15. The second kappa shape index (κ2) is 13.3. The van der Waals surface area contributed by atoms with Crippen molar-refractivity contribution in [3.63, 3.8) is 0 Å². The third-order valence-electron chi connectivity index (χ3n) is 5.52. The largest absolute Gasteiger partial charge is 0.374 e. The predicted octanol–water partition coefficient (Wildman–Crippen LogP) is 7.03. The summed E-state index contributed by atoms with van der Waals surface area (Å²) < 4.78 is 18.2. The summed E-state index contributed by atoms with van der Waals surface area (Å²) in [6.07, 6.45) is 14.9. The fourth-order valence-corrected chi connectivity index (χ4v) is 3.99. The molecule has 1 aliphatic heterocycles. The van der Waals surface area contributed by atoms with Crippen LogP contribution in [0.4, 0.5) is 0 Å². The minimum atomic E-state index is -0.496. The molecule has 2 rings (SSSR count). The lowest BCUT2D eigenvalue weighted by molar-refractivity contribution is -0.151. The van der Waals surface area contributed by atoms with Gasteiger partial charge in [0, 0.05) is 0 Å². The molecule has 3 heteroatoms. The number of hydrogen-bond acceptors (Lipinski definition) is 3. The van der Waals surface area contributed by atoms with Gasteiger partial charge in [0.1, 0.15) is 6.10 Å². The van der Waals surface area contributed by atoms with Crippen LogP contribution in [-0.4, -0.2) is 24.6 Å². The van der Waals surface area contributed by atoms with Gasteiger partial charge in [-0.3, -0.25) is 0 Å². The lowest BCUT2D eigenvalue weighted by atomic mass is 10.0. The Balaban J connectivity index is 1.57. The molecule has 1 aromatic rings. The molecule has 0 N–H and O–H groups in total. The monoisotopic (exact) mass is 390 g/mol. The van der Waals surface area contributed by atoms with Gasteiger partial charge in [-0.1, -0.05) is 101 Å². The predicted molar refractivity (Wildman–Crippen MR) is 116 cm³/mol. The summed E-state index contributed by atoms with van der Waals surface area (Å²) in [7, 11) is 0. The van der Waals surface area contributed by atoms with Crippen molar-refractivity contribution in [1.82, 2.24) is 0 Å². The molecular formula is C25H42O3. The maximum atomic E-state index is 6.14. The summed E-state index contributed by atoms with van der Waals surface area (Å²) in [6, 6.07) is 10.3. The van der Waals surface area contributed by atoms with Gasteiger partial charge in [0.25, 0.3) is 0 Å². The summed E-state index contributed by atoms with van der Waals surface area (Å²) in [5.74, 6) is -0.496. The van der Waals surface area contributed by atoms with Crippen LogP contribution in [0.3, 0.4) is 0 Å². The van der Waals surface area contributed by atoms with E-state index >= 15 is 0 Å². The zero-order valence-corrected chi connectivity index (χ0v) is 18.5. The summed E-state index contributed by atoms with van der Waals surface area (Å²) in [6.45, 7) is 7.53. The third-order valence-corrected chi connectivity index (χ3v) is 5.52. The standard InChI is InChI=1S/C25H42O3/c1-4-5-6-7-8-9-10-11-12-16-19-23-24(28-25(2,3)27-23)21-26-20-22-17-14-13-15-18-22/h13-15,17-18,23-24H,4-12,16,19-21H2,1-3H3/t23-,24-/m1/s1. The lowest BCUT2D eigenvalue weighted by Crippen LogP contribution is -2.27. The minimum absolute atomic E-state index is 0.0391. The van der Waals surface area contributed by atoms with Crippen LogP contribution in [0.2, 0.25) is 0 Å². The highest BCUT2D eigenvalue weighted by atomic mass is 16.8. The van der Waals surface area contributed by atoms with Crippen LogP contribution in [0.5, 0.6) is 0 Å². The second-order valence-electron chi connectivity index (χ2n) is 8.68. The van der Waals surface area contributed by atoms with Crippen LogP contribution in [0, 0.1) is 0 Å². The smallest absolute Gasteiger partial charge is 0.163 e. The van der Waals surface area contributed by atoms with Crippen molar-refractivity contribution in [3.05, 3.63) is 35.9 Å². The molecule has 0 amide bonds. The quantitative estimate of drug-likeness (QED) is 0.301. The van der Waals surface area contributed by atoms with Gasteiger partial charge in [0.2, 0.25) is 0 Å². The molecular weight excluding hydrogens is 348 g/mol. The van der Waals surface area contributed by atoms with Gasteiger partial charge in [-0.2, -0.15) is 0 Å². The van der Waals surface area contributed by atoms with Crippen molar-refractivity contribution in [1.29, 1.82) is 0 Å². The van der Waals surface area contributed by atoms with Crippen molar-refractivity contribution in [3.8, 4) is 0 Å². The van der Waals surface area contributed by atoms with Gasteiger partial charge in [-0.05, 0) is 25.8 Å². The van der Waals surface area contributed by atoms with E-state index in [-0.39, 0.29) is 12.2 Å². The maximum absolute atomic E-state index is 6.14. The van der Waals surface area contributed by atoms with E-state index in [1.54, 1.807) is 0 Å². The van der Waals surface area contributed by atoms with Crippen molar-refractivity contribution in [2.24, 2.45) is 0 Å². The van der Waals surface area contributed by atoms with Crippen LogP contribution in [0.25, 0.3) is 0 Å². The van der Waals surface area contributed by atoms with E-state index in [1.807, 2.05) is 32.0 Å². The summed E-state index contributed by atoms with van der Waals surface area (Å²) in [4.78, 5) is 0. The lowest BCUT2D eigenvalue weighted by Gasteiger charge is -2.17. The van der Waals surface area contributed by atoms with Crippen LogP contribution in [0.1, 0.15) is 97.0 Å². The average Bonchev–Trinajstić information content (AvgIpc) is 2.98. The first-order chi connectivity index (χ1) is 13.6. The van der Waals surface area contributed by atoms with Crippen LogP contribution < -0.4 is 0 Å².